The summed E-state index contributed by atoms with van der Waals surface area (Å²) in [7, 11) is -1.78. The highest BCUT2D eigenvalue weighted by Gasteiger charge is 2.32. The van der Waals surface area contributed by atoms with E-state index in [9.17, 15) is 18.3 Å². The molecule has 2 unspecified atom stereocenters. The smallest absolute Gasteiger partial charge is 0.251 e. The summed E-state index contributed by atoms with van der Waals surface area (Å²) >= 11 is 0. The van der Waals surface area contributed by atoms with Crippen LogP contribution in [0.15, 0.2) is 48.5 Å². The first kappa shape index (κ1) is 26.3. The topological polar surface area (TPSA) is 120 Å². The van der Waals surface area contributed by atoms with E-state index in [1.807, 2.05) is 36.4 Å². The van der Waals surface area contributed by atoms with Crippen molar-refractivity contribution in [2.45, 2.75) is 37.3 Å². The Bertz CT molecular complexity index is 1220. The zero-order valence-electron chi connectivity index (χ0n) is 20.4. The van der Waals surface area contributed by atoms with Crippen LogP contribution in [0.3, 0.4) is 0 Å². The number of carbonyl (C=O) groups is 1. The van der Waals surface area contributed by atoms with E-state index < -0.39 is 34.1 Å². The largest absolute Gasteiger partial charge is 0.382 e. The lowest BCUT2D eigenvalue weighted by molar-refractivity contribution is -0.133. The molecular formula is C26H32N4O5S. The molecule has 0 bridgehead atoms. The number of ether oxygens (including phenoxy) is 1. The van der Waals surface area contributed by atoms with Crippen LogP contribution < -0.4 is 15.4 Å². The maximum Gasteiger partial charge on any atom is 0.251 e. The molecule has 0 spiro atoms. The first-order valence-electron chi connectivity index (χ1n) is 11.8. The summed E-state index contributed by atoms with van der Waals surface area (Å²) in [4.78, 5) is 14.1. The molecule has 4 N–H and O–H groups in total. The van der Waals surface area contributed by atoms with Crippen LogP contribution in [0.25, 0.3) is 0 Å². The molecular weight excluding hydrogens is 480 g/mol. The Morgan fingerprint density at radius 1 is 1.11 bits per heavy atom. The minimum atomic E-state index is -3.52. The van der Waals surface area contributed by atoms with Crippen molar-refractivity contribution < 1.29 is 23.1 Å². The van der Waals surface area contributed by atoms with Crippen LogP contribution in [0.4, 0.5) is 0 Å². The maximum atomic E-state index is 12.0. The molecule has 2 fully saturated rings. The van der Waals surface area contributed by atoms with E-state index in [2.05, 4.69) is 44.2 Å². The van der Waals surface area contributed by atoms with Crippen LogP contribution >= 0.6 is 0 Å². The van der Waals surface area contributed by atoms with Crippen LogP contribution in [-0.2, 0) is 26.1 Å². The summed E-state index contributed by atoms with van der Waals surface area (Å²) < 4.78 is 31.8. The second-order valence-corrected chi connectivity index (χ2v) is 11.1. The van der Waals surface area contributed by atoms with Crippen molar-refractivity contribution in [1.82, 2.24) is 20.3 Å². The summed E-state index contributed by atoms with van der Waals surface area (Å²) in [6, 6.07) is 14.3. The Balaban J connectivity index is 1.40. The van der Waals surface area contributed by atoms with Gasteiger partial charge in [-0.15, -0.1) is 0 Å². The van der Waals surface area contributed by atoms with Gasteiger partial charge in [0.1, 0.15) is 6.10 Å². The summed E-state index contributed by atoms with van der Waals surface area (Å²) in [6.45, 7) is 3.04. The number of aliphatic hydroxyl groups excluding tert-OH is 1. The van der Waals surface area contributed by atoms with Gasteiger partial charge < -0.3 is 15.2 Å². The van der Waals surface area contributed by atoms with Gasteiger partial charge in [-0.1, -0.05) is 36.1 Å². The standard InChI is InChI=1S/C26H32N4O5S/c1-35-22-15-30(16-22)14-20-7-5-18(6-8-20)3-4-19-9-11-21(12-10-19)23(29-36(2,33)34)13-24-25(31)26(32)28-17-27-24/h5-12,22-25,27,29,31H,13-17H2,1-2H3,(H,28,32)/t23-,24?,25?/m1/s1. The van der Waals surface area contributed by atoms with Crippen molar-refractivity contribution >= 4 is 15.9 Å². The molecule has 2 aliphatic rings. The molecule has 9 nitrogen and oxygen atoms in total. The van der Waals surface area contributed by atoms with Gasteiger partial charge in [0.25, 0.3) is 5.91 Å². The van der Waals surface area contributed by atoms with E-state index in [0.29, 0.717) is 6.10 Å². The third-order valence-corrected chi connectivity index (χ3v) is 7.12. The third-order valence-electron chi connectivity index (χ3n) is 6.40. The number of hydrogen-bond acceptors (Lipinski definition) is 7. The number of methoxy groups -OCH3 is 1. The number of rotatable bonds is 8. The van der Waals surface area contributed by atoms with Crippen LogP contribution in [0.5, 0.6) is 0 Å². The first-order valence-corrected chi connectivity index (χ1v) is 13.7. The molecule has 10 heteroatoms. The monoisotopic (exact) mass is 512 g/mol. The van der Waals surface area contributed by atoms with Crippen molar-refractivity contribution in [3.8, 4) is 11.8 Å². The number of aliphatic hydroxyl groups is 1. The highest BCUT2D eigenvalue weighted by molar-refractivity contribution is 7.88. The Morgan fingerprint density at radius 3 is 2.31 bits per heavy atom. The van der Waals surface area contributed by atoms with Gasteiger partial charge in [-0.3, -0.25) is 15.0 Å². The average Bonchev–Trinajstić information content (AvgIpc) is 2.82. The molecule has 0 saturated carbocycles. The van der Waals surface area contributed by atoms with Crippen molar-refractivity contribution in [2.75, 3.05) is 33.1 Å². The molecule has 0 aliphatic carbocycles. The van der Waals surface area contributed by atoms with Crippen molar-refractivity contribution in [3.63, 3.8) is 0 Å². The third kappa shape index (κ3) is 7.13. The number of benzene rings is 2. The highest BCUT2D eigenvalue weighted by Crippen LogP contribution is 2.22. The van der Waals surface area contributed by atoms with Gasteiger partial charge in [0.05, 0.1) is 19.0 Å². The fourth-order valence-corrected chi connectivity index (χ4v) is 5.09. The van der Waals surface area contributed by atoms with Gasteiger partial charge in [0.2, 0.25) is 10.0 Å². The summed E-state index contributed by atoms with van der Waals surface area (Å²) in [5.41, 5.74) is 3.66. The molecule has 192 valence electrons. The minimum Gasteiger partial charge on any atom is -0.382 e. The van der Waals surface area contributed by atoms with E-state index in [1.54, 1.807) is 7.11 Å². The normalized spacial score (nSPS) is 21.7. The van der Waals surface area contributed by atoms with Crippen molar-refractivity contribution in [1.29, 1.82) is 0 Å². The molecule has 2 aliphatic heterocycles. The predicted molar refractivity (Wildman–Crippen MR) is 136 cm³/mol. The van der Waals surface area contributed by atoms with Crippen molar-refractivity contribution in [3.05, 3.63) is 70.8 Å². The van der Waals surface area contributed by atoms with Gasteiger partial charge >= 0.3 is 0 Å². The van der Waals surface area contributed by atoms with E-state index in [4.69, 9.17) is 4.74 Å². The number of nitrogens with zero attached hydrogens (tertiary/aromatic N) is 1. The van der Waals surface area contributed by atoms with E-state index >= 15 is 0 Å². The van der Waals surface area contributed by atoms with Crippen LogP contribution in [0, 0.1) is 11.8 Å². The fourth-order valence-electron chi connectivity index (χ4n) is 4.34. The molecule has 2 aromatic rings. The maximum absolute atomic E-state index is 12.0. The van der Waals surface area contributed by atoms with Gasteiger partial charge in [-0.05, 0) is 41.8 Å². The molecule has 4 rings (SSSR count). The molecule has 1 amide bonds. The highest BCUT2D eigenvalue weighted by atomic mass is 32.2. The average molecular weight is 513 g/mol. The fraction of sp³-hybridized carbons (Fsp3) is 0.423. The molecule has 0 radical (unpaired) electrons. The Kier molecular flexibility index (Phi) is 8.41. The lowest BCUT2D eigenvalue weighted by Crippen LogP contribution is -2.59. The number of hydrogen-bond donors (Lipinski definition) is 4. The van der Waals surface area contributed by atoms with Gasteiger partial charge in [-0.25, -0.2) is 13.1 Å². The summed E-state index contributed by atoms with van der Waals surface area (Å²) in [5.74, 6) is 5.83. The molecule has 2 heterocycles. The number of likely N-dealkylation sites (tertiary alicyclic amines) is 1. The summed E-state index contributed by atoms with van der Waals surface area (Å²) in [6.07, 6.45) is 0.383. The second-order valence-electron chi connectivity index (χ2n) is 9.27. The SMILES string of the molecule is COC1CN(Cc2ccc(C#Cc3ccc([C@@H](CC4NCNC(=O)C4O)NS(C)(=O)=O)cc3)cc2)C1. The van der Waals surface area contributed by atoms with Gasteiger partial charge in [0, 0.05) is 50.0 Å². The summed E-state index contributed by atoms with van der Waals surface area (Å²) in [5, 5.41) is 15.7. The number of sulfonamides is 1. The second kappa shape index (κ2) is 11.5. The first-order chi connectivity index (χ1) is 17.2. The quantitative estimate of drug-likeness (QED) is 0.376. The zero-order chi connectivity index (χ0) is 25.7. The van der Waals surface area contributed by atoms with E-state index in [-0.39, 0.29) is 13.1 Å². The Labute approximate surface area is 212 Å². The zero-order valence-corrected chi connectivity index (χ0v) is 21.2. The molecule has 2 aromatic carbocycles. The number of nitrogens with one attached hydrogen (secondary N) is 3. The van der Waals surface area contributed by atoms with Gasteiger partial charge in [0.15, 0.2) is 0 Å². The van der Waals surface area contributed by atoms with E-state index in [0.717, 1.165) is 42.6 Å². The number of amides is 1. The van der Waals surface area contributed by atoms with Gasteiger partial charge in [-0.2, -0.15) is 0 Å². The number of carbonyl (C=O) groups excluding carboxylic acids is 1. The minimum absolute atomic E-state index is 0.211. The molecule has 0 aromatic heterocycles. The molecule has 36 heavy (non-hydrogen) atoms. The van der Waals surface area contributed by atoms with E-state index in [1.165, 1.54) is 5.56 Å². The Hall–Kier alpha value is -2.78. The van der Waals surface area contributed by atoms with Crippen LogP contribution in [-0.4, -0.2) is 75.7 Å². The lowest BCUT2D eigenvalue weighted by atomic mass is 9.95. The predicted octanol–water partition coefficient (Wildman–Crippen LogP) is 0.304. The Morgan fingerprint density at radius 2 is 1.72 bits per heavy atom. The lowest BCUT2D eigenvalue weighted by Gasteiger charge is -2.38. The molecule has 2 saturated heterocycles. The van der Waals surface area contributed by atoms with Crippen LogP contribution in [0.1, 0.15) is 34.7 Å². The van der Waals surface area contributed by atoms with Crippen molar-refractivity contribution in [2.24, 2.45) is 0 Å². The van der Waals surface area contributed by atoms with Crippen LogP contribution in [0.2, 0.25) is 0 Å². The molecule has 3 atom stereocenters.